The quantitative estimate of drug-likeness (QED) is 0.522. The molecule has 0 saturated carbocycles. The molecule has 0 bridgehead atoms. The van der Waals surface area contributed by atoms with Crippen molar-refractivity contribution in [2.45, 2.75) is 26.6 Å². The van der Waals surface area contributed by atoms with Crippen LogP contribution in [0.1, 0.15) is 16.7 Å². The number of para-hydroxylation sites is 1. The van der Waals surface area contributed by atoms with Gasteiger partial charge in [0.05, 0.1) is 17.4 Å². The first kappa shape index (κ1) is 21.3. The van der Waals surface area contributed by atoms with Gasteiger partial charge in [0.25, 0.3) is 5.56 Å². The van der Waals surface area contributed by atoms with Crippen molar-refractivity contribution in [1.82, 2.24) is 19.3 Å². The van der Waals surface area contributed by atoms with Gasteiger partial charge in [-0.15, -0.1) is 0 Å². The van der Waals surface area contributed by atoms with E-state index < -0.39 is 23.2 Å². The van der Waals surface area contributed by atoms with Crippen LogP contribution in [0.4, 0.5) is 18.9 Å². The molecular weight excluding hydrogens is 423 g/mol. The molecule has 10 heteroatoms. The van der Waals surface area contributed by atoms with Gasteiger partial charge in [0, 0.05) is 5.69 Å². The van der Waals surface area contributed by atoms with E-state index in [1.165, 1.54) is 24.7 Å². The zero-order valence-electron chi connectivity index (χ0n) is 17.1. The van der Waals surface area contributed by atoms with Crippen LogP contribution in [0.3, 0.4) is 0 Å². The highest BCUT2D eigenvalue weighted by Crippen LogP contribution is 2.30. The molecule has 0 spiro atoms. The van der Waals surface area contributed by atoms with Gasteiger partial charge in [0.1, 0.15) is 18.3 Å². The average molecular weight is 441 g/mol. The lowest BCUT2D eigenvalue weighted by atomic mass is 10.1. The number of nitrogens with zero attached hydrogens (tertiary/aromatic N) is 4. The van der Waals surface area contributed by atoms with Crippen LogP contribution in [-0.4, -0.2) is 25.2 Å². The number of carbonyl (C=O) groups excluding carboxylic acids is 1. The number of rotatable bonds is 4. The first-order chi connectivity index (χ1) is 15.1. The fourth-order valence-corrected chi connectivity index (χ4v) is 3.41. The largest absolute Gasteiger partial charge is 0.416 e. The van der Waals surface area contributed by atoms with Gasteiger partial charge >= 0.3 is 6.18 Å². The third-order valence-corrected chi connectivity index (χ3v) is 5.03. The Morgan fingerprint density at radius 3 is 2.47 bits per heavy atom. The summed E-state index contributed by atoms with van der Waals surface area (Å²) in [6, 6.07) is 10.2. The van der Waals surface area contributed by atoms with Crippen LogP contribution in [0.15, 0.2) is 59.8 Å². The van der Waals surface area contributed by atoms with Crippen molar-refractivity contribution in [3.63, 3.8) is 0 Å². The molecule has 0 saturated heterocycles. The normalized spacial score (nSPS) is 11.7. The maximum absolute atomic E-state index is 13.0. The van der Waals surface area contributed by atoms with Crippen LogP contribution in [0.5, 0.6) is 0 Å². The smallest absolute Gasteiger partial charge is 0.324 e. The number of aromatic nitrogens is 4. The molecule has 164 valence electrons. The van der Waals surface area contributed by atoms with Crippen molar-refractivity contribution < 1.29 is 18.0 Å². The summed E-state index contributed by atoms with van der Waals surface area (Å²) in [5.74, 6) is -0.407. The number of nitrogens with one attached hydrogen (secondary N) is 1. The van der Waals surface area contributed by atoms with Crippen molar-refractivity contribution >= 4 is 22.6 Å². The molecule has 2 heterocycles. The van der Waals surface area contributed by atoms with E-state index in [1.54, 1.807) is 0 Å². The van der Waals surface area contributed by atoms with Gasteiger partial charge in [-0.05, 0) is 43.2 Å². The standard InChI is InChI=1S/C22H18F3N5O2/c1-13-5-3-6-14(2)19(13)28-18(31)11-29-12-26-20-17(21(29)32)10-27-30(20)16-8-4-7-15(9-16)22(23,24)25/h3-10,12H,11H2,1-2H3,(H,28,31). The number of carbonyl (C=O) groups is 1. The Balaban J connectivity index is 1.64. The molecule has 1 amide bonds. The van der Waals surface area contributed by atoms with Crippen molar-refractivity contribution in [1.29, 1.82) is 0 Å². The van der Waals surface area contributed by atoms with E-state index in [9.17, 15) is 22.8 Å². The molecule has 1 N–H and O–H groups in total. The fraction of sp³-hybridized carbons (Fsp3) is 0.182. The summed E-state index contributed by atoms with van der Waals surface area (Å²) in [5.41, 5.74) is 1.31. The van der Waals surface area contributed by atoms with Crippen LogP contribution in [-0.2, 0) is 17.5 Å². The third-order valence-electron chi connectivity index (χ3n) is 5.03. The van der Waals surface area contributed by atoms with Crippen LogP contribution in [0.25, 0.3) is 16.7 Å². The molecule has 2 aromatic carbocycles. The topological polar surface area (TPSA) is 81.8 Å². The van der Waals surface area contributed by atoms with Gasteiger partial charge in [0.2, 0.25) is 5.91 Å². The average Bonchev–Trinajstić information content (AvgIpc) is 3.17. The maximum atomic E-state index is 13.0. The molecule has 0 atom stereocenters. The van der Waals surface area contributed by atoms with Gasteiger partial charge in [-0.3, -0.25) is 14.2 Å². The Hall–Kier alpha value is -3.95. The number of hydrogen-bond donors (Lipinski definition) is 1. The summed E-state index contributed by atoms with van der Waals surface area (Å²) in [6.07, 6.45) is -2.10. The minimum absolute atomic E-state index is 0.0878. The Labute approximate surface area is 180 Å². The van der Waals surface area contributed by atoms with Gasteiger partial charge in [0.15, 0.2) is 5.65 Å². The van der Waals surface area contributed by atoms with Gasteiger partial charge in [-0.2, -0.15) is 18.3 Å². The molecule has 4 rings (SSSR count). The van der Waals surface area contributed by atoms with E-state index in [4.69, 9.17) is 0 Å². The molecule has 2 aromatic heterocycles. The maximum Gasteiger partial charge on any atom is 0.416 e. The zero-order valence-corrected chi connectivity index (χ0v) is 17.1. The summed E-state index contributed by atoms with van der Waals surface area (Å²) in [4.78, 5) is 29.5. The van der Waals surface area contributed by atoms with Gasteiger partial charge in [-0.1, -0.05) is 24.3 Å². The fourth-order valence-electron chi connectivity index (χ4n) is 3.41. The van der Waals surface area contributed by atoms with Crippen LogP contribution >= 0.6 is 0 Å². The summed E-state index contributed by atoms with van der Waals surface area (Å²) in [6.45, 7) is 3.46. The summed E-state index contributed by atoms with van der Waals surface area (Å²) >= 11 is 0. The van der Waals surface area contributed by atoms with Crippen LogP contribution in [0.2, 0.25) is 0 Å². The molecular formula is C22H18F3N5O2. The van der Waals surface area contributed by atoms with E-state index in [0.29, 0.717) is 5.69 Å². The molecule has 0 radical (unpaired) electrons. The predicted octanol–water partition coefficient (Wildman–Crippen LogP) is 3.86. The lowest BCUT2D eigenvalue weighted by Gasteiger charge is -2.12. The molecule has 0 aliphatic carbocycles. The lowest BCUT2D eigenvalue weighted by Crippen LogP contribution is -2.28. The first-order valence-electron chi connectivity index (χ1n) is 9.62. The second-order valence-electron chi connectivity index (χ2n) is 7.33. The highest BCUT2D eigenvalue weighted by atomic mass is 19.4. The van der Waals surface area contributed by atoms with E-state index in [-0.39, 0.29) is 23.3 Å². The highest BCUT2D eigenvalue weighted by Gasteiger charge is 2.30. The van der Waals surface area contributed by atoms with E-state index in [2.05, 4.69) is 15.4 Å². The van der Waals surface area contributed by atoms with Gasteiger partial charge < -0.3 is 5.32 Å². The summed E-state index contributed by atoms with van der Waals surface area (Å²) < 4.78 is 41.4. The molecule has 0 aliphatic rings. The highest BCUT2D eigenvalue weighted by molar-refractivity contribution is 5.92. The molecule has 0 unspecified atom stereocenters. The zero-order chi connectivity index (χ0) is 23.0. The van der Waals surface area contributed by atoms with Gasteiger partial charge in [-0.25, -0.2) is 9.67 Å². The van der Waals surface area contributed by atoms with E-state index >= 15 is 0 Å². The number of alkyl halides is 3. The molecule has 4 aromatic rings. The molecule has 32 heavy (non-hydrogen) atoms. The van der Waals surface area contributed by atoms with Crippen LogP contribution in [0, 0.1) is 13.8 Å². The predicted molar refractivity (Wildman–Crippen MR) is 113 cm³/mol. The number of anilines is 1. The summed E-state index contributed by atoms with van der Waals surface area (Å²) in [7, 11) is 0. The Morgan fingerprint density at radius 1 is 1.09 bits per heavy atom. The summed E-state index contributed by atoms with van der Waals surface area (Å²) in [5, 5.41) is 6.92. The minimum Gasteiger partial charge on any atom is -0.324 e. The monoisotopic (exact) mass is 441 g/mol. The van der Waals surface area contributed by atoms with Crippen molar-refractivity contribution in [3.05, 3.63) is 82.0 Å². The Bertz CT molecular complexity index is 1370. The van der Waals surface area contributed by atoms with Crippen molar-refractivity contribution in [2.24, 2.45) is 0 Å². The first-order valence-corrected chi connectivity index (χ1v) is 9.62. The molecule has 0 fully saturated rings. The third kappa shape index (κ3) is 3.98. The lowest BCUT2D eigenvalue weighted by molar-refractivity contribution is -0.137. The number of fused-ring (bicyclic) bond motifs is 1. The number of hydrogen-bond acceptors (Lipinski definition) is 4. The number of benzene rings is 2. The second kappa shape index (κ2) is 7.95. The number of aryl methyl sites for hydroxylation is 2. The SMILES string of the molecule is Cc1cccc(C)c1NC(=O)Cn1cnc2c(cnn2-c2cccc(C(F)(F)F)c2)c1=O. The Kier molecular flexibility index (Phi) is 5.29. The Morgan fingerprint density at radius 2 is 1.78 bits per heavy atom. The minimum atomic E-state index is -4.51. The number of halogens is 3. The van der Waals surface area contributed by atoms with E-state index in [0.717, 1.165) is 32.5 Å². The number of amides is 1. The van der Waals surface area contributed by atoms with Crippen LogP contribution < -0.4 is 10.9 Å². The molecule has 7 nitrogen and oxygen atoms in total. The van der Waals surface area contributed by atoms with E-state index in [1.807, 2.05) is 32.0 Å². The van der Waals surface area contributed by atoms with Crippen molar-refractivity contribution in [2.75, 3.05) is 5.32 Å². The second-order valence-corrected chi connectivity index (χ2v) is 7.33. The van der Waals surface area contributed by atoms with Crippen molar-refractivity contribution in [3.8, 4) is 5.69 Å². The molecule has 0 aliphatic heterocycles.